The smallest absolute Gasteiger partial charge is 0.269 e. The third-order valence-electron chi connectivity index (χ3n) is 3.40. The number of nitrogens with zero attached hydrogens (tertiary/aromatic N) is 1. The molecule has 1 heterocycles. The van der Waals surface area contributed by atoms with Gasteiger partial charge in [0.15, 0.2) is 0 Å². The minimum atomic E-state index is -0.145. The quantitative estimate of drug-likeness (QED) is 0.811. The van der Waals surface area contributed by atoms with E-state index in [9.17, 15) is 4.79 Å². The van der Waals surface area contributed by atoms with Crippen LogP contribution in [0, 0.1) is 5.92 Å². The molecule has 1 aromatic heterocycles. The van der Waals surface area contributed by atoms with E-state index in [1.165, 1.54) is 19.3 Å². The van der Waals surface area contributed by atoms with Gasteiger partial charge in [-0.15, -0.1) is 0 Å². The standard InChI is InChI=1S/C14H21N3O/c1-3-11(8-10-4-5-10)17-12-6-7-16-13(9-12)14(18)15-2/h6-7,9-11H,3-5,8H2,1-2H3,(H,15,18)(H,16,17). The molecule has 0 bridgehead atoms. The Hall–Kier alpha value is -1.58. The van der Waals surface area contributed by atoms with Crippen LogP contribution in [0.2, 0.25) is 0 Å². The summed E-state index contributed by atoms with van der Waals surface area (Å²) in [6, 6.07) is 4.23. The Morgan fingerprint density at radius 2 is 2.33 bits per heavy atom. The monoisotopic (exact) mass is 247 g/mol. The summed E-state index contributed by atoms with van der Waals surface area (Å²) in [4.78, 5) is 15.6. The van der Waals surface area contributed by atoms with Crippen LogP contribution in [0.4, 0.5) is 5.69 Å². The highest BCUT2D eigenvalue weighted by molar-refractivity contribution is 5.92. The molecule has 1 aliphatic rings. The van der Waals surface area contributed by atoms with Gasteiger partial charge in [0.2, 0.25) is 0 Å². The maximum absolute atomic E-state index is 11.5. The molecule has 4 heteroatoms. The van der Waals surface area contributed by atoms with Crippen LogP contribution in [0.25, 0.3) is 0 Å². The summed E-state index contributed by atoms with van der Waals surface area (Å²) in [5.74, 6) is 0.761. The van der Waals surface area contributed by atoms with E-state index in [1.54, 1.807) is 13.2 Å². The molecule has 1 aliphatic carbocycles. The van der Waals surface area contributed by atoms with Gasteiger partial charge in [-0.3, -0.25) is 9.78 Å². The number of carbonyl (C=O) groups is 1. The van der Waals surface area contributed by atoms with Gasteiger partial charge >= 0.3 is 0 Å². The first-order valence-electron chi connectivity index (χ1n) is 6.67. The van der Waals surface area contributed by atoms with Crippen molar-refractivity contribution in [3.8, 4) is 0 Å². The van der Waals surface area contributed by atoms with Gasteiger partial charge in [0, 0.05) is 25.0 Å². The number of anilines is 1. The second kappa shape index (κ2) is 5.85. The molecular weight excluding hydrogens is 226 g/mol. The summed E-state index contributed by atoms with van der Waals surface area (Å²) in [6.45, 7) is 2.20. The third kappa shape index (κ3) is 3.45. The Morgan fingerprint density at radius 3 is 2.94 bits per heavy atom. The minimum absolute atomic E-state index is 0.145. The molecule has 18 heavy (non-hydrogen) atoms. The number of rotatable bonds is 6. The number of nitrogens with one attached hydrogen (secondary N) is 2. The predicted molar refractivity (Wildman–Crippen MR) is 72.7 cm³/mol. The molecule has 1 fully saturated rings. The molecule has 0 spiro atoms. The second-order valence-electron chi connectivity index (χ2n) is 4.94. The van der Waals surface area contributed by atoms with E-state index in [2.05, 4.69) is 22.5 Å². The molecule has 1 unspecified atom stereocenters. The maximum Gasteiger partial charge on any atom is 0.269 e. The summed E-state index contributed by atoms with van der Waals surface area (Å²) < 4.78 is 0. The highest BCUT2D eigenvalue weighted by atomic mass is 16.1. The fourth-order valence-corrected chi connectivity index (χ4v) is 2.09. The molecule has 1 amide bonds. The van der Waals surface area contributed by atoms with E-state index in [0.29, 0.717) is 11.7 Å². The fraction of sp³-hybridized carbons (Fsp3) is 0.571. The highest BCUT2D eigenvalue weighted by Crippen LogP contribution is 2.34. The third-order valence-corrected chi connectivity index (χ3v) is 3.40. The SMILES string of the molecule is CCC(CC1CC1)Nc1ccnc(C(=O)NC)c1. The molecule has 1 saturated carbocycles. The van der Waals surface area contributed by atoms with Crippen molar-refractivity contribution in [3.63, 3.8) is 0 Å². The molecule has 4 nitrogen and oxygen atoms in total. The lowest BCUT2D eigenvalue weighted by molar-refractivity contribution is 0.0958. The van der Waals surface area contributed by atoms with Gasteiger partial charge in [0.05, 0.1) is 0 Å². The lowest BCUT2D eigenvalue weighted by Gasteiger charge is -2.18. The van der Waals surface area contributed by atoms with Crippen molar-refractivity contribution in [1.82, 2.24) is 10.3 Å². The zero-order valence-corrected chi connectivity index (χ0v) is 11.1. The lowest BCUT2D eigenvalue weighted by Crippen LogP contribution is -2.21. The summed E-state index contributed by atoms with van der Waals surface area (Å²) in [5.41, 5.74) is 1.44. The van der Waals surface area contributed by atoms with Gasteiger partial charge in [0.1, 0.15) is 5.69 Å². The molecule has 1 atom stereocenters. The van der Waals surface area contributed by atoms with Crippen molar-refractivity contribution in [2.24, 2.45) is 5.92 Å². The number of hydrogen-bond acceptors (Lipinski definition) is 3. The Balaban J connectivity index is 2.00. The number of pyridine rings is 1. The van der Waals surface area contributed by atoms with Crippen molar-refractivity contribution in [1.29, 1.82) is 0 Å². The molecule has 2 N–H and O–H groups in total. The summed E-state index contributed by atoms with van der Waals surface area (Å²) in [5, 5.41) is 6.09. The summed E-state index contributed by atoms with van der Waals surface area (Å²) in [7, 11) is 1.62. The normalized spacial score (nSPS) is 16.1. The predicted octanol–water partition coefficient (Wildman–Crippen LogP) is 2.43. The molecule has 1 aromatic rings. The first kappa shape index (κ1) is 12.9. The molecule has 0 aromatic carbocycles. The van der Waals surface area contributed by atoms with E-state index < -0.39 is 0 Å². The van der Waals surface area contributed by atoms with Crippen molar-refractivity contribution in [2.45, 2.75) is 38.6 Å². The Bertz CT molecular complexity index is 415. The second-order valence-corrected chi connectivity index (χ2v) is 4.94. The Labute approximate surface area is 108 Å². The fourth-order valence-electron chi connectivity index (χ4n) is 2.09. The number of carbonyl (C=O) groups excluding carboxylic acids is 1. The van der Waals surface area contributed by atoms with Gasteiger partial charge in [-0.2, -0.15) is 0 Å². The summed E-state index contributed by atoms with van der Waals surface area (Å²) in [6.07, 6.45) is 6.76. The van der Waals surface area contributed by atoms with Crippen molar-refractivity contribution < 1.29 is 4.79 Å². The molecule has 98 valence electrons. The molecule has 2 rings (SSSR count). The zero-order valence-electron chi connectivity index (χ0n) is 11.1. The Kier molecular flexibility index (Phi) is 4.18. The van der Waals surface area contributed by atoms with Crippen LogP contribution in [-0.4, -0.2) is 24.0 Å². The topological polar surface area (TPSA) is 54.0 Å². The lowest BCUT2D eigenvalue weighted by atomic mass is 10.1. The van der Waals surface area contributed by atoms with Gasteiger partial charge in [-0.05, 0) is 30.9 Å². The van der Waals surface area contributed by atoms with E-state index in [4.69, 9.17) is 0 Å². The van der Waals surface area contributed by atoms with Crippen LogP contribution in [0.1, 0.15) is 43.1 Å². The highest BCUT2D eigenvalue weighted by Gasteiger charge is 2.24. The van der Waals surface area contributed by atoms with Crippen LogP contribution in [0.15, 0.2) is 18.3 Å². The van der Waals surface area contributed by atoms with Gasteiger partial charge in [-0.25, -0.2) is 0 Å². The minimum Gasteiger partial charge on any atom is -0.382 e. The number of aromatic nitrogens is 1. The Morgan fingerprint density at radius 1 is 1.56 bits per heavy atom. The maximum atomic E-state index is 11.5. The zero-order chi connectivity index (χ0) is 13.0. The van der Waals surface area contributed by atoms with E-state index >= 15 is 0 Å². The first-order valence-corrected chi connectivity index (χ1v) is 6.67. The average Bonchev–Trinajstić information content (AvgIpc) is 3.21. The van der Waals surface area contributed by atoms with E-state index in [-0.39, 0.29) is 5.91 Å². The van der Waals surface area contributed by atoms with Crippen molar-refractivity contribution >= 4 is 11.6 Å². The van der Waals surface area contributed by atoms with Gasteiger partial charge < -0.3 is 10.6 Å². The number of hydrogen-bond donors (Lipinski definition) is 2. The average molecular weight is 247 g/mol. The van der Waals surface area contributed by atoms with Crippen LogP contribution in [-0.2, 0) is 0 Å². The van der Waals surface area contributed by atoms with E-state index in [1.807, 2.05) is 12.1 Å². The van der Waals surface area contributed by atoms with Gasteiger partial charge in [-0.1, -0.05) is 19.8 Å². The molecule has 0 aliphatic heterocycles. The van der Waals surface area contributed by atoms with Gasteiger partial charge in [0.25, 0.3) is 5.91 Å². The van der Waals surface area contributed by atoms with Crippen LogP contribution >= 0.6 is 0 Å². The number of amides is 1. The van der Waals surface area contributed by atoms with Crippen molar-refractivity contribution in [2.75, 3.05) is 12.4 Å². The molecule has 0 saturated heterocycles. The van der Waals surface area contributed by atoms with Crippen LogP contribution in [0.3, 0.4) is 0 Å². The van der Waals surface area contributed by atoms with E-state index in [0.717, 1.165) is 18.0 Å². The van der Waals surface area contributed by atoms with Crippen LogP contribution in [0.5, 0.6) is 0 Å². The molecular formula is C14H21N3O. The van der Waals surface area contributed by atoms with Crippen LogP contribution < -0.4 is 10.6 Å². The molecule has 0 radical (unpaired) electrons. The largest absolute Gasteiger partial charge is 0.382 e. The summed E-state index contributed by atoms with van der Waals surface area (Å²) >= 11 is 0. The first-order chi connectivity index (χ1) is 8.72. The van der Waals surface area contributed by atoms with Crippen molar-refractivity contribution in [3.05, 3.63) is 24.0 Å².